The van der Waals surface area contributed by atoms with Crippen molar-refractivity contribution in [3.8, 4) is 5.69 Å². The molecule has 11 heteroatoms. The van der Waals surface area contributed by atoms with Crippen molar-refractivity contribution in [2.24, 2.45) is 0 Å². The lowest BCUT2D eigenvalue weighted by atomic mass is 10.1. The van der Waals surface area contributed by atoms with Gasteiger partial charge in [0, 0.05) is 42.6 Å². The van der Waals surface area contributed by atoms with Crippen molar-refractivity contribution in [2.45, 2.75) is 39.3 Å². The van der Waals surface area contributed by atoms with E-state index in [1.165, 1.54) is 6.33 Å². The van der Waals surface area contributed by atoms with Gasteiger partial charge in [-0.1, -0.05) is 17.7 Å². The molecule has 3 heterocycles. The quantitative estimate of drug-likeness (QED) is 0.549. The summed E-state index contributed by atoms with van der Waals surface area (Å²) in [5.74, 6) is -0.0231. The summed E-state index contributed by atoms with van der Waals surface area (Å²) in [7, 11) is 0. The summed E-state index contributed by atoms with van der Waals surface area (Å²) in [4.78, 5) is 49.1. The summed E-state index contributed by atoms with van der Waals surface area (Å²) in [6.07, 6.45) is 3.04. The molecule has 4 rings (SSSR count). The summed E-state index contributed by atoms with van der Waals surface area (Å²) < 4.78 is 7.26. The second-order valence-electron chi connectivity index (χ2n) is 9.35. The van der Waals surface area contributed by atoms with E-state index in [9.17, 15) is 14.4 Å². The highest BCUT2D eigenvalue weighted by Gasteiger charge is 2.32. The van der Waals surface area contributed by atoms with Gasteiger partial charge in [-0.25, -0.2) is 14.8 Å². The van der Waals surface area contributed by atoms with Gasteiger partial charge in [-0.05, 0) is 45.9 Å². The number of rotatable bonds is 4. The molecule has 1 N–H and O–H groups in total. The molecule has 2 aromatic heterocycles. The standard InChI is InChI=1S/C24H27ClN6O4/c1-15-11-29(23(34)35-24(2,3)4)8-9-30(15)20-19-18(22(33)28-14-32)12-31(21(19)27-13-26-20)17-7-5-6-16(25)10-17/h5-7,10,12-15H,8-9,11H2,1-4H3,(H,28,32,33)/t15-/m0/s1. The van der Waals surface area contributed by atoms with Gasteiger partial charge in [0.05, 0.1) is 10.9 Å². The number of imide groups is 1. The number of piperazine rings is 1. The van der Waals surface area contributed by atoms with Gasteiger partial charge in [-0.3, -0.25) is 14.9 Å². The van der Waals surface area contributed by atoms with E-state index >= 15 is 0 Å². The van der Waals surface area contributed by atoms with Gasteiger partial charge < -0.3 is 19.1 Å². The topological polar surface area (TPSA) is 110 Å². The Labute approximate surface area is 207 Å². The average molecular weight is 499 g/mol. The molecule has 1 fully saturated rings. The van der Waals surface area contributed by atoms with Gasteiger partial charge in [0.25, 0.3) is 5.91 Å². The number of hydrogen-bond acceptors (Lipinski definition) is 7. The zero-order valence-corrected chi connectivity index (χ0v) is 20.7. The fraction of sp³-hybridized carbons (Fsp3) is 0.375. The van der Waals surface area contributed by atoms with E-state index in [2.05, 4.69) is 15.3 Å². The molecule has 3 amide bonds. The number of hydrogen-bond donors (Lipinski definition) is 1. The highest BCUT2D eigenvalue weighted by molar-refractivity contribution is 6.30. The molecule has 1 aliphatic rings. The van der Waals surface area contributed by atoms with Crippen LogP contribution in [0.2, 0.25) is 5.02 Å². The van der Waals surface area contributed by atoms with Crippen LogP contribution >= 0.6 is 11.6 Å². The minimum Gasteiger partial charge on any atom is -0.444 e. The molecular formula is C24H27ClN6O4. The molecule has 3 aromatic rings. The number of benzene rings is 1. The summed E-state index contributed by atoms with van der Waals surface area (Å²) in [5.41, 5.74) is 0.875. The fourth-order valence-electron chi connectivity index (χ4n) is 4.15. The molecule has 1 aromatic carbocycles. The smallest absolute Gasteiger partial charge is 0.410 e. The molecule has 0 bridgehead atoms. The zero-order valence-electron chi connectivity index (χ0n) is 20.0. The van der Waals surface area contributed by atoms with Crippen LogP contribution in [0.5, 0.6) is 0 Å². The summed E-state index contributed by atoms with van der Waals surface area (Å²) in [5, 5.41) is 3.25. The highest BCUT2D eigenvalue weighted by atomic mass is 35.5. The lowest BCUT2D eigenvalue weighted by Gasteiger charge is -2.41. The van der Waals surface area contributed by atoms with Crippen molar-refractivity contribution in [2.75, 3.05) is 24.5 Å². The van der Waals surface area contributed by atoms with E-state index in [1.807, 2.05) is 38.7 Å². The lowest BCUT2D eigenvalue weighted by Crippen LogP contribution is -2.55. The van der Waals surface area contributed by atoms with Gasteiger partial charge in [0.2, 0.25) is 6.41 Å². The van der Waals surface area contributed by atoms with Crippen LogP contribution in [0.15, 0.2) is 36.8 Å². The van der Waals surface area contributed by atoms with E-state index in [0.29, 0.717) is 53.6 Å². The van der Waals surface area contributed by atoms with Crippen LogP contribution in [0, 0.1) is 0 Å². The molecule has 184 valence electrons. The van der Waals surface area contributed by atoms with Crippen LogP contribution in [0.1, 0.15) is 38.1 Å². The molecule has 0 saturated carbocycles. The summed E-state index contributed by atoms with van der Waals surface area (Å²) in [6, 6.07) is 7.03. The van der Waals surface area contributed by atoms with Gasteiger partial charge in [-0.15, -0.1) is 0 Å². The first-order chi connectivity index (χ1) is 16.6. The minimum absolute atomic E-state index is 0.120. The first kappa shape index (κ1) is 24.5. The monoisotopic (exact) mass is 498 g/mol. The Hall–Kier alpha value is -3.66. The molecule has 0 spiro atoms. The maximum atomic E-state index is 12.8. The van der Waals surface area contributed by atoms with Crippen LogP contribution in [0.3, 0.4) is 0 Å². The maximum Gasteiger partial charge on any atom is 0.410 e. The number of carbonyl (C=O) groups is 3. The van der Waals surface area contributed by atoms with Crippen molar-refractivity contribution in [1.82, 2.24) is 24.8 Å². The van der Waals surface area contributed by atoms with Crippen LogP contribution in [-0.4, -0.2) is 69.1 Å². The highest BCUT2D eigenvalue weighted by Crippen LogP contribution is 2.33. The second-order valence-corrected chi connectivity index (χ2v) is 9.79. The molecule has 10 nitrogen and oxygen atoms in total. The van der Waals surface area contributed by atoms with Gasteiger partial charge >= 0.3 is 6.09 Å². The van der Waals surface area contributed by atoms with Crippen molar-refractivity contribution >= 4 is 46.9 Å². The first-order valence-electron chi connectivity index (χ1n) is 11.2. The Balaban J connectivity index is 1.75. The molecule has 0 radical (unpaired) electrons. The predicted octanol–water partition coefficient (Wildman–Crippen LogP) is 3.41. The summed E-state index contributed by atoms with van der Waals surface area (Å²) >= 11 is 6.19. The molecule has 1 atom stereocenters. The number of fused-ring (bicyclic) bond motifs is 1. The summed E-state index contributed by atoms with van der Waals surface area (Å²) in [6.45, 7) is 8.80. The van der Waals surface area contributed by atoms with E-state index in [1.54, 1.807) is 33.9 Å². The zero-order chi connectivity index (χ0) is 25.3. The van der Waals surface area contributed by atoms with Crippen LogP contribution < -0.4 is 10.2 Å². The predicted molar refractivity (Wildman–Crippen MR) is 132 cm³/mol. The van der Waals surface area contributed by atoms with Crippen molar-refractivity contribution < 1.29 is 19.1 Å². The Morgan fingerprint density at radius 1 is 1.23 bits per heavy atom. The van der Waals surface area contributed by atoms with Crippen molar-refractivity contribution in [1.29, 1.82) is 0 Å². The Kier molecular flexibility index (Phi) is 6.66. The molecule has 0 aliphatic carbocycles. The normalized spacial score (nSPS) is 16.3. The first-order valence-corrected chi connectivity index (χ1v) is 11.6. The second kappa shape index (κ2) is 9.53. The van der Waals surface area contributed by atoms with Gasteiger partial charge in [0.15, 0.2) is 5.65 Å². The van der Waals surface area contributed by atoms with Crippen molar-refractivity contribution in [3.63, 3.8) is 0 Å². The Bertz CT molecular complexity index is 1280. The Morgan fingerprint density at radius 3 is 2.66 bits per heavy atom. The van der Waals surface area contributed by atoms with E-state index < -0.39 is 11.5 Å². The third-order valence-electron chi connectivity index (χ3n) is 5.64. The number of nitrogens with zero attached hydrogens (tertiary/aromatic N) is 5. The molecule has 1 saturated heterocycles. The maximum absolute atomic E-state index is 12.8. The number of aromatic nitrogens is 3. The molecule has 0 unspecified atom stereocenters. The number of ether oxygens (including phenoxy) is 1. The Morgan fingerprint density at radius 2 is 2.00 bits per heavy atom. The van der Waals surface area contributed by atoms with E-state index in [-0.39, 0.29) is 17.7 Å². The fourth-order valence-corrected chi connectivity index (χ4v) is 4.34. The van der Waals surface area contributed by atoms with Gasteiger partial charge in [-0.2, -0.15) is 0 Å². The van der Waals surface area contributed by atoms with Crippen LogP contribution in [0.4, 0.5) is 10.6 Å². The molecular weight excluding hydrogens is 472 g/mol. The number of nitrogens with one attached hydrogen (secondary N) is 1. The van der Waals surface area contributed by atoms with E-state index in [4.69, 9.17) is 16.3 Å². The molecule has 35 heavy (non-hydrogen) atoms. The average Bonchev–Trinajstić information content (AvgIpc) is 3.18. The third kappa shape index (κ3) is 5.07. The van der Waals surface area contributed by atoms with Crippen LogP contribution in [-0.2, 0) is 9.53 Å². The SMILES string of the molecule is C[C@H]1CN(C(=O)OC(C)(C)C)CCN1c1ncnc2c1c(C(=O)NC=O)cn2-c1cccc(Cl)c1. The number of anilines is 1. The lowest BCUT2D eigenvalue weighted by molar-refractivity contribution is -0.108. The van der Waals surface area contributed by atoms with Crippen LogP contribution in [0.25, 0.3) is 16.7 Å². The largest absolute Gasteiger partial charge is 0.444 e. The third-order valence-corrected chi connectivity index (χ3v) is 5.87. The number of carbonyl (C=O) groups excluding carboxylic acids is 3. The van der Waals surface area contributed by atoms with Crippen molar-refractivity contribution in [3.05, 3.63) is 47.4 Å². The minimum atomic E-state index is -0.583. The number of amides is 3. The molecule has 1 aliphatic heterocycles. The van der Waals surface area contributed by atoms with Gasteiger partial charge in [0.1, 0.15) is 17.7 Å². The number of halogens is 1. The van der Waals surface area contributed by atoms with E-state index in [0.717, 1.165) is 0 Å².